The summed E-state index contributed by atoms with van der Waals surface area (Å²) in [6, 6.07) is 9.17. The molecule has 1 saturated heterocycles. The quantitative estimate of drug-likeness (QED) is 0.660. The first-order chi connectivity index (χ1) is 12.6. The molecule has 0 bridgehead atoms. The summed E-state index contributed by atoms with van der Waals surface area (Å²) in [6.45, 7) is 3.15. The lowest BCUT2D eigenvalue weighted by Gasteiger charge is -2.29. The highest BCUT2D eigenvalue weighted by Gasteiger charge is 2.24. The minimum Gasteiger partial charge on any atom is -0.348 e. The molecule has 3 rings (SSSR count). The minimum atomic E-state index is -0.745. The molecule has 0 saturated carbocycles. The molecule has 0 aromatic heterocycles. The summed E-state index contributed by atoms with van der Waals surface area (Å²) < 4.78 is 39.9. The molecule has 2 aromatic rings. The largest absolute Gasteiger partial charge is 0.348 e. The van der Waals surface area contributed by atoms with E-state index in [1.807, 2.05) is 0 Å². The first-order valence-corrected chi connectivity index (χ1v) is 8.94. The number of benzene rings is 2. The third kappa shape index (κ3) is 4.62. The van der Waals surface area contributed by atoms with Gasteiger partial charge < -0.3 is 9.47 Å². The topological polar surface area (TPSA) is 18.5 Å². The molecule has 2 aromatic carbocycles. The van der Waals surface area contributed by atoms with Crippen LogP contribution in [0.5, 0.6) is 0 Å². The van der Waals surface area contributed by atoms with Gasteiger partial charge in [-0.15, -0.1) is 0 Å². The van der Waals surface area contributed by atoms with Gasteiger partial charge >= 0.3 is 0 Å². The van der Waals surface area contributed by atoms with Crippen molar-refractivity contribution in [2.75, 3.05) is 13.2 Å². The number of halogens is 3. The van der Waals surface area contributed by atoms with E-state index in [-0.39, 0.29) is 5.56 Å². The zero-order valence-corrected chi connectivity index (χ0v) is 15.2. The molecule has 1 heterocycles. The van der Waals surface area contributed by atoms with Crippen molar-refractivity contribution in [2.45, 2.75) is 26.1 Å². The average Bonchev–Trinajstić information content (AvgIpc) is 2.63. The Morgan fingerprint density at radius 1 is 1.04 bits per heavy atom. The van der Waals surface area contributed by atoms with Crippen LogP contribution in [0.3, 0.4) is 0 Å². The van der Waals surface area contributed by atoms with E-state index >= 15 is 0 Å². The van der Waals surface area contributed by atoms with Crippen LogP contribution in [0.1, 0.15) is 42.7 Å². The van der Waals surface area contributed by atoms with Crippen LogP contribution in [0.15, 0.2) is 36.4 Å². The molecule has 5 heteroatoms. The molecule has 1 aliphatic heterocycles. The Morgan fingerprint density at radius 2 is 1.65 bits per heavy atom. The van der Waals surface area contributed by atoms with Gasteiger partial charge in [-0.1, -0.05) is 36.8 Å². The molecular formula is C21H19ClF2O2. The molecule has 26 heavy (non-hydrogen) atoms. The third-order valence-corrected chi connectivity index (χ3v) is 4.43. The summed E-state index contributed by atoms with van der Waals surface area (Å²) in [4.78, 5) is 0. The van der Waals surface area contributed by atoms with E-state index in [0.29, 0.717) is 35.3 Å². The van der Waals surface area contributed by atoms with Gasteiger partial charge in [-0.3, -0.25) is 0 Å². The van der Waals surface area contributed by atoms with E-state index in [1.54, 1.807) is 24.3 Å². The minimum absolute atomic E-state index is 0.275. The van der Waals surface area contributed by atoms with Gasteiger partial charge in [-0.25, -0.2) is 8.78 Å². The van der Waals surface area contributed by atoms with Crippen LogP contribution in [0.25, 0.3) is 0 Å². The first-order valence-electron chi connectivity index (χ1n) is 8.56. The Kier molecular flexibility index (Phi) is 6.26. The van der Waals surface area contributed by atoms with Crippen molar-refractivity contribution in [3.8, 4) is 11.8 Å². The number of hydrogen-bond acceptors (Lipinski definition) is 2. The Labute approximate surface area is 157 Å². The van der Waals surface area contributed by atoms with Gasteiger partial charge in [-0.05, 0) is 42.8 Å². The molecule has 1 fully saturated rings. The van der Waals surface area contributed by atoms with Gasteiger partial charge in [0.2, 0.25) is 0 Å². The summed E-state index contributed by atoms with van der Waals surface area (Å²) >= 11 is 5.81. The van der Waals surface area contributed by atoms with Crippen molar-refractivity contribution < 1.29 is 18.3 Å². The van der Waals surface area contributed by atoms with Gasteiger partial charge in [0.1, 0.15) is 11.6 Å². The van der Waals surface area contributed by atoms with E-state index in [1.165, 1.54) is 12.1 Å². The van der Waals surface area contributed by atoms with Crippen LogP contribution in [0, 0.1) is 29.4 Å². The van der Waals surface area contributed by atoms with Gasteiger partial charge in [0.25, 0.3) is 0 Å². The second-order valence-electron chi connectivity index (χ2n) is 6.27. The molecule has 0 amide bonds. The molecular weight excluding hydrogens is 358 g/mol. The molecule has 0 atom stereocenters. The Morgan fingerprint density at radius 3 is 2.23 bits per heavy atom. The van der Waals surface area contributed by atoms with Crippen molar-refractivity contribution in [3.63, 3.8) is 0 Å². The van der Waals surface area contributed by atoms with E-state index in [2.05, 4.69) is 18.8 Å². The second-order valence-corrected chi connectivity index (χ2v) is 6.71. The van der Waals surface area contributed by atoms with Crippen molar-refractivity contribution in [3.05, 3.63) is 69.7 Å². The molecule has 0 spiro atoms. The van der Waals surface area contributed by atoms with Crippen molar-refractivity contribution in [2.24, 2.45) is 5.92 Å². The van der Waals surface area contributed by atoms with Crippen LogP contribution in [0.2, 0.25) is 5.02 Å². The van der Waals surface area contributed by atoms with E-state index in [4.69, 9.17) is 21.1 Å². The van der Waals surface area contributed by atoms with Gasteiger partial charge in [0.15, 0.2) is 6.29 Å². The molecule has 1 aliphatic rings. The zero-order valence-electron chi connectivity index (χ0n) is 14.4. The third-order valence-electron chi connectivity index (χ3n) is 4.18. The maximum absolute atomic E-state index is 14.4. The normalized spacial score (nSPS) is 19.7. The summed E-state index contributed by atoms with van der Waals surface area (Å²) in [6.07, 6.45) is 1.31. The lowest BCUT2D eigenvalue weighted by Crippen LogP contribution is -2.27. The smallest absolute Gasteiger partial charge is 0.184 e. The van der Waals surface area contributed by atoms with Crippen molar-refractivity contribution >= 4 is 11.6 Å². The predicted octanol–water partition coefficient (Wildman–Crippen LogP) is 5.48. The van der Waals surface area contributed by atoms with Gasteiger partial charge in [0.05, 0.1) is 18.8 Å². The standard InChI is InChI=1S/C21H19ClF2O2/c1-2-3-15-12-25-21(26-13-15)16-10-19(23)18(20(24)11-16)9-6-14-4-7-17(22)8-5-14/h4-5,7-8,10-11,15,21H,2-3,12-13H2,1H3/t15-,21-. The van der Waals surface area contributed by atoms with Crippen LogP contribution in [-0.2, 0) is 9.47 Å². The lowest BCUT2D eigenvalue weighted by atomic mass is 10.0. The monoisotopic (exact) mass is 376 g/mol. The van der Waals surface area contributed by atoms with Crippen LogP contribution >= 0.6 is 11.6 Å². The molecule has 0 radical (unpaired) electrons. The maximum Gasteiger partial charge on any atom is 0.184 e. The highest BCUT2D eigenvalue weighted by Crippen LogP contribution is 2.29. The second kappa shape index (κ2) is 8.64. The maximum atomic E-state index is 14.4. The number of ether oxygens (including phenoxy) is 2. The average molecular weight is 377 g/mol. The Bertz CT molecular complexity index is 793. The Balaban J connectivity index is 1.76. The fraction of sp³-hybridized carbons (Fsp3) is 0.333. The van der Waals surface area contributed by atoms with Gasteiger partial charge in [-0.2, -0.15) is 0 Å². The number of rotatable bonds is 3. The fourth-order valence-corrected chi connectivity index (χ4v) is 2.95. The first kappa shape index (κ1) is 18.8. The fourth-order valence-electron chi connectivity index (χ4n) is 2.83. The molecule has 2 nitrogen and oxygen atoms in total. The molecule has 0 N–H and O–H groups in total. The summed E-state index contributed by atoms with van der Waals surface area (Å²) in [5, 5.41) is 0.575. The van der Waals surface area contributed by atoms with Crippen molar-refractivity contribution in [1.82, 2.24) is 0 Å². The van der Waals surface area contributed by atoms with Crippen LogP contribution in [-0.4, -0.2) is 13.2 Å². The van der Waals surface area contributed by atoms with Crippen molar-refractivity contribution in [1.29, 1.82) is 0 Å². The zero-order chi connectivity index (χ0) is 18.5. The highest BCUT2D eigenvalue weighted by molar-refractivity contribution is 6.30. The molecule has 136 valence electrons. The number of hydrogen-bond donors (Lipinski definition) is 0. The predicted molar refractivity (Wildman–Crippen MR) is 96.8 cm³/mol. The summed E-state index contributed by atoms with van der Waals surface area (Å²) in [5.74, 6) is 4.15. The van der Waals surface area contributed by atoms with E-state index < -0.39 is 17.9 Å². The van der Waals surface area contributed by atoms with E-state index in [9.17, 15) is 8.78 Å². The summed E-state index contributed by atoms with van der Waals surface area (Å²) in [5.41, 5.74) is 0.675. The molecule has 0 unspecified atom stereocenters. The van der Waals surface area contributed by atoms with Gasteiger partial charge in [0, 0.05) is 22.1 Å². The summed E-state index contributed by atoms with van der Waals surface area (Å²) in [7, 11) is 0. The molecule has 0 aliphatic carbocycles. The van der Waals surface area contributed by atoms with E-state index in [0.717, 1.165) is 12.8 Å². The van der Waals surface area contributed by atoms with Crippen LogP contribution in [0.4, 0.5) is 8.78 Å². The Hall–Kier alpha value is -1.93. The van der Waals surface area contributed by atoms with Crippen LogP contribution < -0.4 is 0 Å². The lowest BCUT2D eigenvalue weighted by molar-refractivity contribution is -0.206. The highest BCUT2D eigenvalue weighted by atomic mass is 35.5. The SMILES string of the molecule is CCC[C@H]1CO[C@H](c2cc(F)c(C#Cc3ccc(Cl)cc3)c(F)c2)OC1.